The minimum absolute atomic E-state index is 0.0691. The van der Waals surface area contributed by atoms with Crippen molar-refractivity contribution < 1.29 is 9.53 Å². The summed E-state index contributed by atoms with van der Waals surface area (Å²) in [6, 6.07) is 23.4. The van der Waals surface area contributed by atoms with E-state index in [1.807, 2.05) is 28.8 Å². The quantitative estimate of drug-likeness (QED) is 0.108. The van der Waals surface area contributed by atoms with Crippen LogP contribution in [0.1, 0.15) is 135 Å². The number of hydrogen-bond acceptors (Lipinski definition) is 5. The second-order valence-electron chi connectivity index (χ2n) is 21.4. The molecule has 1 saturated carbocycles. The maximum atomic E-state index is 14.9. The molecule has 5 aromatic rings. The largest absolute Gasteiger partial charge is 0.459 e. The van der Waals surface area contributed by atoms with Gasteiger partial charge in [-0.1, -0.05) is 137 Å². The van der Waals surface area contributed by atoms with E-state index in [2.05, 4.69) is 155 Å². The third-order valence-corrected chi connectivity index (χ3v) is 13.6. The third-order valence-electron chi connectivity index (χ3n) is 12.3. The number of esters is 1. The van der Waals surface area contributed by atoms with E-state index in [0.29, 0.717) is 22.4 Å². The summed E-state index contributed by atoms with van der Waals surface area (Å²) in [6.45, 7) is 40.8. The number of aryl methyl sites for hydroxylation is 2. The number of anilines is 1. The van der Waals surface area contributed by atoms with Gasteiger partial charge in [0, 0.05) is 34.5 Å². The third kappa shape index (κ3) is 9.94. The first kappa shape index (κ1) is 44.1. The summed E-state index contributed by atoms with van der Waals surface area (Å²) >= 11 is 1.51. The number of ether oxygens (including phenoxy) is 1. The second-order valence-corrected chi connectivity index (χ2v) is 22.4. The first-order chi connectivity index (χ1) is 27.4. The summed E-state index contributed by atoms with van der Waals surface area (Å²) in [5, 5.41) is 7.67. The van der Waals surface area contributed by atoms with Crippen LogP contribution >= 0.6 is 11.8 Å². The van der Waals surface area contributed by atoms with Crippen molar-refractivity contribution in [3.8, 4) is 11.4 Å². The van der Waals surface area contributed by atoms with Crippen LogP contribution < -0.4 is 5.32 Å². The number of hydrogen-bond donors (Lipinski definition) is 2. The molecule has 2 atom stereocenters. The Balaban J connectivity index is 1.44. The van der Waals surface area contributed by atoms with E-state index in [0.717, 1.165) is 47.5 Å². The molecule has 0 radical (unpaired) electrons. The average Bonchev–Trinajstić information content (AvgIpc) is 3.68. The summed E-state index contributed by atoms with van der Waals surface area (Å²) in [7, 11) is 0. The molecule has 2 aromatic heterocycles. The number of carbonyl (C=O) groups excluding carboxylic acids is 1. The Morgan fingerprint density at radius 1 is 0.898 bits per heavy atom. The highest BCUT2D eigenvalue weighted by molar-refractivity contribution is 7.99. The number of benzene rings is 3. The Bertz CT molecular complexity index is 2300. The first-order valence-corrected chi connectivity index (χ1v) is 22.2. The van der Waals surface area contributed by atoms with Crippen LogP contribution in [0.2, 0.25) is 0 Å². The SMILES string of the molecule is [C-]#[N+]c1c(C(=O)OC2C(C(C)(C)C)CC(C)CC2C(C)(C)C)c2nc(-c3ccc(NCc4ccc(C)cc4)cc3)[nH]n2c1Sc1cc(C(C)(C)CC(C)(C)C)ccc1C. The summed E-state index contributed by atoms with van der Waals surface area (Å²) in [5.41, 5.74) is 7.50. The molecule has 1 fully saturated rings. The van der Waals surface area contributed by atoms with Gasteiger partial charge in [0.05, 0.1) is 6.57 Å². The van der Waals surface area contributed by atoms with Crippen molar-refractivity contribution in [3.63, 3.8) is 0 Å². The maximum Gasteiger partial charge on any atom is 0.331 e. The first-order valence-electron chi connectivity index (χ1n) is 21.4. The Hall–Kier alpha value is -4.48. The van der Waals surface area contributed by atoms with E-state index >= 15 is 0 Å². The molecule has 1 aliphatic carbocycles. The van der Waals surface area contributed by atoms with E-state index in [4.69, 9.17) is 16.3 Å². The lowest BCUT2D eigenvalue weighted by Gasteiger charge is -2.50. The standard InChI is InChI=1S/C51H67N5O2S/c1-31-16-19-34(20-17-31)29-53-37-24-21-35(22-25-37)44-54-45-41(47(57)58-43-38(49(7,8)9)26-32(2)27-39(43)50(10,11)12)42(52-15)46(56(45)55-44)59-40-28-36(23-18-33(40)3)51(13,14)30-48(4,5)6/h16-25,28,32,38-39,43,53H,26-27,29-30H2,1-14H3,(H,54,55). The van der Waals surface area contributed by atoms with Gasteiger partial charge in [-0.25, -0.2) is 19.1 Å². The van der Waals surface area contributed by atoms with Gasteiger partial charge in [-0.05, 0) is 108 Å². The van der Waals surface area contributed by atoms with Gasteiger partial charge in [-0.2, -0.15) is 0 Å². The summed E-state index contributed by atoms with van der Waals surface area (Å²) in [6.07, 6.45) is 2.69. The van der Waals surface area contributed by atoms with Crippen LogP contribution in [0.5, 0.6) is 0 Å². The zero-order valence-electron chi connectivity index (χ0n) is 38.1. The van der Waals surface area contributed by atoms with Crippen LogP contribution in [0.25, 0.3) is 21.9 Å². The predicted molar refractivity (Wildman–Crippen MR) is 246 cm³/mol. The minimum atomic E-state index is -0.478. The Labute approximate surface area is 358 Å². The molecule has 0 amide bonds. The molecule has 0 bridgehead atoms. The van der Waals surface area contributed by atoms with Gasteiger partial charge in [0.1, 0.15) is 16.7 Å². The van der Waals surface area contributed by atoms with Crippen molar-refractivity contribution in [2.45, 2.75) is 144 Å². The lowest BCUT2D eigenvalue weighted by Crippen LogP contribution is -2.49. The van der Waals surface area contributed by atoms with Gasteiger partial charge in [-0.15, -0.1) is 0 Å². The monoisotopic (exact) mass is 814 g/mol. The fraction of sp³-hybridized carbons (Fsp3) is 0.510. The molecule has 1 aliphatic rings. The highest BCUT2D eigenvalue weighted by Gasteiger charge is 2.48. The van der Waals surface area contributed by atoms with Crippen LogP contribution in [-0.2, 0) is 16.7 Å². The lowest BCUT2D eigenvalue weighted by atomic mass is 9.59. The molecule has 3 aromatic carbocycles. The lowest BCUT2D eigenvalue weighted by molar-refractivity contribution is -0.0922. The van der Waals surface area contributed by atoms with Crippen LogP contribution in [0.15, 0.2) is 76.7 Å². The summed E-state index contributed by atoms with van der Waals surface area (Å²) in [5.74, 6) is 0.983. The van der Waals surface area contributed by atoms with Gasteiger partial charge >= 0.3 is 5.97 Å². The highest BCUT2D eigenvalue weighted by Crippen LogP contribution is 2.51. The van der Waals surface area contributed by atoms with Crippen LogP contribution in [0, 0.1) is 54.4 Å². The van der Waals surface area contributed by atoms with Gasteiger partial charge in [0.25, 0.3) is 0 Å². The molecule has 2 N–H and O–H groups in total. The van der Waals surface area contributed by atoms with Crippen LogP contribution in [0.4, 0.5) is 11.4 Å². The minimum Gasteiger partial charge on any atom is -0.459 e. The van der Waals surface area contributed by atoms with Gasteiger partial charge in [-0.3, -0.25) is 5.10 Å². The molecule has 8 heteroatoms. The molecule has 0 spiro atoms. The molecule has 59 heavy (non-hydrogen) atoms. The second kappa shape index (κ2) is 16.5. The Morgan fingerprint density at radius 3 is 2.07 bits per heavy atom. The molecule has 0 saturated heterocycles. The number of aromatic amines is 1. The van der Waals surface area contributed by atoms with Gasteiger partial charge in [0.15, 0.2) is 11.5 Å². The fourth-order valence-corrected chi connectivity index (χ4v) is 10.4. The Morgan fingerprint density at radius 2 is 1.51 bits per heavy atom. The number of H-pyrrole nitrogens is 1. The number of fused-ring (bicyclic) bond motifs is 1. The molecule has 6 rings (SSSR count). The number of nitrogens with one attached hydrogen (secondary N) is 2. The van der Waals surface area contributed by atoms with Crippen molar-refractivity contribution in [1.82, 2.24) is 14.6 Å². The van der Waals surface area contributed by atoms with Gasteiger partial charge in [0.2, 0.25) is 5.69 Å². The van der Waals surface area contributed by atoms with Crippen LogP contribution in [0.3, 0.4) is 0 Å². The molecular weight excluding hydrogens is 747 g/mol. The average molecular weight is 814 g/mol. The molecular formula is C51H67N5O2S. The van der Waals surface area contributed by atoms with Gasteiger partial charge < -0.3 is 10.1 Å². The smallest absolute Gasteiger partial charge is 0.331 e. The van der Waals surface area contributed by atoms with E-state index in [-0.39, 0.29) is 50.9 Å². The zero-order valence-corrected chi connectivity index (χ0v) is 38.9. The van der Waals surface area contributed by atoms with Crippen molar-refractivity contribution in [1.29, 1.82) is 0 Å². The summed E-state index contributed by atoms with van der Waals surface area (Å²) in [4.78, 5) is 25.2. The maximum absolute atomic E-state index is 14.9. The zero-order chi connectivity index (χ0) is 43.2. The number of aromatic nitrogens is 3. The number of nitrogens with zero attached hydrogens (tertiary/aromatic N) is 3. The fourth-order valence-electron chi connectivity index (χ4n) is 9.36. The molecule has 2 heterocycles. The molecule has 7 nitrogen and oxygen atoms in total. The van der Waals surface area contributed by atoms with E-state index in [1.54, 1.807) is 0 Å². The normalized spacial score (nSPS) is 19.1. The Kier molecular flexibility index (Phi) is 12.3. The van der Waals surface area contributed by atoms with Crippen molar-refractivity contribution in [2.24, 2.45) is 34.0 Å². The number of rotatable bonds is 10. The molecule has 314 valence electrons. The topological polar surface area (TPSA) is 75.8 Å². The summed E-state index contributed by atoms with van der Waals surface area (Å²) < 4.78 is 8.62. The van der Waals surface area contributed by atoms with Crippen molar-refractivity contribution in [2.75, 3.05) is 5.32 Å². The number of carbonyl (C=O) groups is 1. The highest BCUT2D eigenvalue weighted by atomic mass is 32.2. The van der Waals surface area contributed by atoms with Crippen molar-refractivity contribution >= 4 is 34.8 Å². The van der Waals surface area contributed by atoms with Crippen molar-refractivity contribution in [3.05, 3.63) is 106 Å². The van der Waals surface area contributed by atoms with E-state index < -0.39 is 5.97 Å². The molecule has 0 aliphatic heterocycles. The molecule has 2 unspecified atom stereocenters. The van der Waals surface area contributed by atoms with Crippen LogP contribution in [-0.4, -0.2) is 26.7 Å². The van der Waals surface area contributed by atoms with E-state index in [9.17, 15) is 4.79 Å². The predicted octanol–water partition coefficient (Wildman–Crippen LogP) is 14.3. The van der Waals surface area contributed by atoms with E-state index in [1.165, 1.54) is 28.5 Å².